The van der Waals surface area contributed by atoms with E-state index in [-0.39, 0.29) is 0 Å². The molecule has 0 bridgehead atoms. The highest BCUT2D eigenvalue weighted by atomic mass is 32.1. The lowest BCUT2D eigenvalue weighted by atomic mass is 10.2. The number of nitrogens with two attached hydrogens (primary N) is 1. The Hall–Kier alpha value is -1.50. The molecule has 3 aromatic rings. The van der Waals surface area contributed by atoms with Gasteiger partial charge in [0.05, 0.1) is 11.9 Å². The van der Waals surface area contributed by atoms with Gasteiger partial charge in [0.15, 0.2) is 0 Å². The zero-order chi connectivity index (χ0) is 14.8. The number of fused-ring (bicyclic) bond motifs is 1. The Kier molecular flexibility index (Phi) is 4.19. The molecule has 2 N–H and O–H groups in total. The molecule has 0 saturated carbocycles. The minimum Gasteiger partial charge on any atom is -0.383 e. The highest BCUT2D eigenvalue weighted by molar-refractivity contribution is 7.18. The second-order valence-electron chi connectivity index (χ2n) is 4.79. The summed E-state index contributed by atoms with van der Waals surface area (Å²) in [6, 6.07) is 4.16. The van der Waals surface area contributed by atoms with E-state index in [2.05, 4.69) is 46.6 Å². The van der Waals surface area contributed by atoms with Gasteiger partial charge in [-0.05, 0) is 24.5 Å². The molecule has 4 nitrogen and oxygen atoms in total. The summed E-state index contributed by atoms with van der Waals surface area (Å²) in [5, 5.41) is 5.19. The summed E-state index contributed by atoms with van der Waals surface area (Å²) in [6.07, 6.45) is 0. The fraction of sp³-hybridized carbons (Fsp3) is 0.333. The predicted octanol–water partition coefficient (Wildman–Crippen LogP) is 3.84. The van der Waals surface area contributed by atoms with Gasteiger partial charge in [0, 0.05) is 15.8 Å². The number of hydrogen-bond acceptors (Lipinski definition) is 6. The van der Waals surface area contributed by atoms with Crippen molar-refractivity contribution in [3.8, 4) is 10.4 Å². The van der Waals surface area contributed by atoms with Crippen LogP contribution in [0, 0.1) is 0 Å². The van der Waals surface area contributed by atoms with Crippen LogP contribution >= 0.6 is 22.7 Å². The van der Waals surface area contributed by atoms with Crippen LogP contribution in [0.5, 0.6) is 0 Å². The van der Waals surface area contributed by atoms with Crippen molar-refractivity contribution in [1.29, 1.82) is 0 Å². The Morgan fingerprint density at radius 1 is 1.19 bits per heavy atom. The van der Waals surface area contributed by atoms with Crippen molar-refractivity contribution in [2.24, 2.45) is 0 Å². The maximum Gasteiger partial charge on any atom is 0.146 e. The van der Waals surface area contributed by atoms with Gasteiger partial charge in [0.1, 0.15) is 16.5 Å². The number of thiophene rings is 2. The quantitative estimate of drug-likeness (QED) is 0.776. The lowest BCUT2D eigenvalue weighted by Crippen LogP contribution is -2.23. The van der Waals surface area contributed by atoms with Gasteiger partial charge >= 0.3 is 0 Å². The summed E-state index contributed by atoms with van der Waals surface area (Å²) in [4.78, 5) is 13.7. The summed E-state index contributed by atoms with van der Waals surface area (Å²) in [5.41, 5.74) is 7.36. The van der Waals surface area contributed by atoms with Gasteiger partial charge in [-0.2, -0.15) is 0 Å². The number of nitrogens with zero attached hydrogens (tertiary/aromatic N) is 3. The average molecular weight is 318 g/mol. The number of rotatable bonds is 5. The minimum atomic E-state index is 0.590. The van der Waals surface area contributed by atoms with Gasteiger partial charge in [0.25, 0.3) is 0 Å². The second kappa shape index (κ2) is 6.09. The van der Waals surface area contributed by atoms with E-state index in [4.69, 9.17) is 10.7 Å². The fourth-order valence-electron chi connectivity index (χ4n) is 2.35. The molecule has 0 amide bonds. The Morgan fingerprint density at radius 2 is 2.00 bits per heavy atom. The van der Waals surface area contributed by atoms with Crippen molar-refractivity contribution in [3.63, 3.8) is 0 Å². The van der Waals surface area contributed by atoms with Crippen LogP contribution in [0.1, 0.15) is 19.7 Å². The van der Waals surface area contributed by atoms with E-state index >= 15 is 0 Å². The van der Waals surface area contributed by atoms with Crippen LogP contribution in [0.15, 0.2) is 22.9 Å². The van der Waals surface area contributed by atoms with Crippen LogP contribution in [0.25, 0.3) is 20.7 Å². The third-order valence-corrected chi connectivity index (χ3v) is 5.33. The molecule has 110 valence electrons. The number of hydrogen-bond donors (Lipinski definition) is 1. The van der Waals surface area contributed by atoms with Gasteiger partial charge in [-0.3, -0.25) is 4.90 Å². The highest BCUT2D eigenvalue weighted by Gasteiger charge is 2.15. The summed E-state index contributed by atoms with van der Waals surface area (Å²) in [6.45, 7) is 7.02. The standard InChI is InChI=1S/C15H18N4S2/c1-3-19(4-2)8-12-17-14(16)13-10(9-21-15(13)18-12)11-6-5-7-20-11/h5-7,9H,3-4,8H2,1-2H3,(H2,16,17,18). The minimum absolute atomic E-state index is 0.590. The monoisotopic (exact) mass is 318 g/mol. The first-order valence-electron chi connectivity index (χ1n) is 7.02. The number of aromatic nitrogens is 2. The first kappa shape index (κ1) is 14.4. The van der Waals surface area contributed by atoms with Crippen molar-refractivity contribution in [1.82, 2.24) is 14.9 Å². The normalized spacial score (nSPS) is 11.6. The van der Waals surface area contributed by atoms with Crippen molar-refractivity contribution in [2.75, 3.05) is 18.8 Å². The topological polar surface area (TPSA) is 55.0 Å². The maximum atomic E-state index is 6.21. The smallest absolute Gasteiger partial charge is 0.146 e. The predicted molar refractivity (Wildman–Crippen MR) is 91.8 cm³/mol. The Labute approximate surface area is 132 Å². The molecule has 6 heteroatoms. The maximum absolute atomic E-state index is 6.21. The van der Waals surface area contributed by atoms with Gasteiger partial charge < -0.3 is 5.73 Å². The summed E-state index contributed by atoms with van der Waals surface area (Å²) in [7, 11) is 0. The van der Waals surface area contributed by atoms with E-state index in [1.807, 2.05) is 0 Å². The fourth-order valence-corrected chi connectivity index (χ4v) is 4.13. The van der Waals surface area contributed by atoms with Gasteiger partial charge in [-0.15, -0.1) is 22.7 Å². The zero-order valence-electron chi connectivity index (χ0n) is 12.2. The van der Waals surface area contributed by atoms with E-state index in [1.54, 1.807) is 22.7 Å². The van der Waals surface area contributed by atoms with E-state index in [0.29, 0.717) is 5.82 Å². The molecule has 0 saturated heterocycles. The van der Waals surface area contributed by atoms with Crippen LogP contribution in [-0.2, 0) is 6.54 Å². The molecule has 0 fully saturated rings. The van der Waals surface area contributed by atoms with Crippen LogP contribution in [0.3, 0.4) is 0 Å². The van der Waals surface area contributed by atoms with Gasteiger partial charge in [-0.1, -0.05) is 19.9 Å². The Balaban J connectivity index is 2.02. The highest BCUT2D eigenvalue weighted by Crippen LogP contribution is 2.37. The van der Waals surface area contributed by atoms with Crippen LogP contribution in [-0.4, -0.2) is 28.0 Å². The zero-order valence-corrected chi connectivity index (χ0v) is 13.8. The lowest BCUT2D eigenvalue weighted by molar-refractivity contribution is 0.289. The van der Waals surface area contributed by atoms with Crippen molar-refractivity contribution in [3.05, 3.63) is 28.7 Å². The molecule has 21 heavy (non-hydrogen) atoms. The molecule has 0 spiro atoms. The molecular weight excluding hydrogens is 300 g/mol. The molecule has 3 rings (SSSR count). The van der Waals surface area contributed by atoms with E-state index in [9.17, 15) is 0 Å². The van der Waals surface area contributed by atoms with Crippen LogP contribution in [0.4, 0.5) is 5.82 Å². The third kappa shape index (κ3) is 2.79. The molecule has 0 unspecified atom stereocenters. The van der Waals surface area contributed by atoms with Crippen LogP contribution < -0.4 is 5.73 Å². The van der Waals surface area contributed by atoms with Gasteiger partial charge in [-0.25, -0.2) is 9.97 Å². The molecule has 0 aromatic carbocycles. The molecule has 0 atom stereocenters. The molecule has 0 aliphatic heterocycles. The van der Waals surface area contributed by atoms with E-state index in [1.165, 1.54) is 4.88 Å². The first-order chi connectivity index (χ1) is 10.2. The van der Waals surface area contributed by atoms with E-state index < -0.39 is 0 Å². The largest absolute Gasteiger partial charge is 0.383 e. The Morgan fingerprint density at radius 3 is 2.67 bits per heavy atom. The molecular formula is C15H18N4S2. The summed E-state index contributed by atoms with van der Waals surface area (Å²) in [5.74, 6) is 1.40. The Bertz CT molecular complexity index is 730. The second-order valence-corrected chi connectivity index (χ2v) is 6.60. The van der Waals surface area contributed by atoms with Gasteiger partial charge in [0.2, 0.25) is 0 Å². The third-order valence-electron chi connectivity index (χ3n) is 3.55. The van der Waals surface area contributed by atoms with Crippen molar-refractivity contribution in [2.45, 2.75) is 20.4 Å². The summed E-state index contributed by atoms with van der Waals surface area (Å²) >= 11 is 3.35. The van der Waals surface area contributed by atoms with Crippen molar-refractivity contribution >= 4 is 38.7 Å². The van der Waals surface area contributed by atoms with Crippen LogP contribution in [0.2, 0.25) is 0 Å². The first-order valence-corrected chi connectivity index (χ1v) is 8.78. The van der Waals surface area contributed by atoms with E-state index in [0.717, 1.165) is 41.2 Å². The number of nitrogen functional groups attached to an aromatic ring is 1. The molecule has 0 aliphatic rings. The summed E-state index contributed by atoms with van der Waals surface area (Å²) < 4.78 is 0. The molecule has 3 heterocycles. The average Bonchev–Trinajstić information content (AvgIpc) is 3.13. The lowest BCUT2D eigenvalue weighted by Gasteiger charge is -2.16. The number of anilines is 1. The molecule has 0 radical (unpaired) electrons. The SMILES string of the molecule is CCN(CC)Cc1nc(N)c2c(-c3cccs3)csc2n1. The van der Waals surface area contributed by atoms with Crippen molar-refractivity contribution < 1.29 is 0 Å². The molecule has 3 aromatic heterocycles. The molecule has 0 aliphatic carbocycles.